The topological polar surface area (TPSA) is 50.3 Å². The number of likely N-dealkylation sites (N-methyl/N-ethyl adjacent to an activating group) is 1. The number of hydrogen-bond donors (Lipinski definition) is 1. The normalized spacial score (nSPS) is 11.4. The molecule has 1 N–H and O–H groups in total. The van der Waals surface area contributed by atoms with Crippen LogP contribution in [0.5, 0.6) is 5.88 Å². The van der Waals surface area contributed by atoms with Crippen LogP contribution in [0, 0.1) is 0 Å². The van der Waals surface area contributed by atoms with Gasteiger partial charge >= 0.3 is 0 Å². The van der Waals surface area contributed by atoms with E-state index in [0.717, 1.165) is 18.9 Å². The van der Waals surface area contributed by atoms with Crippen LogP contribution in [0.1, 0.15) is 27.7 Å². The van der Waals surface area contributed by atoms with E-state index in [-0.39, 0.29) is 5.54 Å². The molecule has 0 radical (unpaired) electrons. The number of aromatic nitrogens is 2. The molecular formula is C13H24N4O. The second kappa shape index (κ2) is 6.54. The van der Waals surface area contributed by atoms with Crippen LogP contribution in [0.15, 0.2) is 12.4 Å². The zero-order valence-corrected chi connectivity index (χ0v) is 12.0. The van der Waals surface area contributed by atoms with Gasteiger partial charge in [0.15, 0.2) is 5.82 Å². The third-order valence-electron chi connectivity index (χ3n) is 2.39. The summed E-state index contributed by atoms with van der Waals surface area (Å²) in [6, 6.07) is 0. The SMILES string of the molecule is CCOc1cncc(N(C)CCNC(C)(C)C)n1. The average Bonchev–Trinajstić information content (AvgIpc) is 2.28. The number of nitrogens with zero attached hydrogens (tertiary/aromatic N) is 3. The highest BCUT2D eigenvalue weighted by molar-refractivity contribution is 5.36. The van der Waals surface area contributed by atoms with Crippen molar-refractivity contribution >= 4 is 5.82 Å². The van der Waals surface area contributed by atoms with Crippen molar-refractivity contribution < 1.29 is 4.74 Å². The van der Waals surface area contributed by atoms with E-state index in [0.29, 0.717) is 12.5 Å². The number of rotatable bonds is 6. The van der Waals surface area contributed by atoms with Crippen LogP contribution in [0.4, 0.5) is 5.82 Å². The molecule has 0 saturated heterocycles. The highest BCUT2D eigenvalue weighted by Crippen LogP contribution is 2.12. The molecule has 0 aliphatic heterocycles. The Bertz CT molecular complexity index is 362. The molecule has 5 nitrogen and oxygen atoms in total. The van der Waals surface area contributed by atoms with Gasteiger partial charge in [-0.05, 0) is 27.7 Å². The standard InChI is InChI=1S/C13H24N4O/c1-6-18-12-10-14-9-11(16-12)17(5)8-7-15-13(2,3)4/h9-10,15H,6-8H2,1-5H3. The second-order valence-electron chi connectivity index (χ2n) is 5.25. The Hall–Kier alpha value is -1.36. The molecule has 0 saturated carbocycles. The van der Waals surface area contributed by atoms with Gasteiger partial charge in [-0.3, -0.25) is 4.98 Å². The van der Waals surface area contributed by atoms with E-state index < -0.39 is 0 Å². The van der Waals surface area contributed by atoms with Gasteiger partial charge in [-0.15, -0.1) is 0 Å². The maximum Gasteiger partial charge on any atom is 0.234 e. The molecule has 0 amide bonds. The van der Waals surface area contributed by atoms with E-state index in [2.05, 4.69) is 41.0 Å². The maximum absolute atomic E-state index is 5.34. The van der Waals surface area contributed by atoms with Gasteiger partial charge in [0.25, 0.3) is 0 Å². The Balaban J connectivity index is 2.50. The first-order valence-electron chi connectivity index (χ1n) is 6.33. The van der Waals surface area contributed by atoms with Gasteiger partial charge < -0.3 is 15.0 Å². The summed E-state index contributed by atoms with van der Waals surface area (Å²) >= 11 is 0. The van der Waals surface area contributed by atoms with Crippen molar-refractivity contribution in [3.63, 3.8) is 0 Å². The third-order valence-corrected chi connectivity index (χ3v) is 2.39. The molecule has 0 aromatic carbocycles. The lowest BCUT2D eigenvalue weighted by molar-refractivity contribution is 0.325. The van der Waals surface area contributed by atoms with Gasteiger partial charge in [-0.2, -0.15) is 4.98 Å². The van der Waals surface area contributed by atoms with Crippen LogP contribution in [0.2, 0.25) is 0 Å². The number of nitrogens with one attached hydrogen (secondary N) is 1. The van der Waals surface area contributed by atoms with Gasteiger partial charge in [-0.25, -0.2) is 0 Å². The van der Waals surface area contributed by atoms with Gasteiger partial charge in [-0.1, -0.05) is 0 Å². The predicted octanol–water partition coefficient (Wildman–Crippen LogP) is 1.70. The smallest absolute Gasteiger partial charge is 0.234 e. The molecule has 0 aliphatic rings. The molecule has 1 aromatic heterocycles. The highest BCUT2D eigenvalue weighted by Gasteiger charge is 2.09. The fourth-order valence-electron chi connectivity index (χ4n) is 1.45. The summed E-state index contributed by atoms with van der Waals surface area (Å²) in [7, 11) is 2.00. The molecule has 0 fully saturated rings. The molecular weight excluding hydrogens is 228 g/mol. The molecule has 0 aliphatic carbocycles. The first kappa shape index (κ1) is 14.7. The molecule has 0 spiro atoms. The van der Waals surface area contributed by atoms with Crippen molar-refractivity contribution in [1.29, 1.82) is 0 Å². The Kier molecular flexibility index (Phi) is 5.34. The highest BCUT2D eigenvalue weighted by atomic mass is 16.5. The second-order valence-corrected chi connectivity index (χ2v) is 5.25. The van der Waals surface area contributed by atoms with Crippen molar-refractivity contribution in [2.45, 2.75) is 33.2 Å². The fourth-order valence-corrected chi connectivity index (χ4v) is 1.45. The summed E-state index contributed by atoms with van der Waals surface area (Å²) in [6.45, 7) is 10.8. The van der Waals surface area contributed by atoms with Crippen molar-refractivity contribution in [3.05, 3.63) is 12.4 Å². The van der Waals surface area contributed by atoms with Crippen LogP contribution in [-0.2, 0) is 0 Å². The van der Waals surface area contributed by atoms with Gasteiger partial charge in [0.1, 0.15) is 0 Å². The van der Waals surface area contributed by atoms with Crippen molar-refractivity contribution in [2.75, 3.05) is 31.6 Å². The van der Waals surface area contributed by atoms with Crippen LogP contribution in [0.3, 0.4) is 0 Å². The fraction of sp³-hybridized carbons (Fsp3) is 0.692. The maximum atomic E-state index is 5.34. The summed E-state index contributed by atoms with van der Waals surface area (Å²) in [6.07, 6.45) is 3.38. The Labute approximate surface area is 110 Å². The zero-order chi connectivity index (χ0) is 13.6. The van der Waals surface area contributed by atoms with E-state index in [9.17, 15) is 0 Å². The molecule has 1 rings (SSSR count). The number of hydrogen-bond acceptors (Lipinski definition) is 5. The molecule has 0 bridgehead atoms. The minimum Gasteiger partial charge on any atom is -0.477 e. The van der Waals surface area contributed by atoms with Gasteiger partial charge in [0.2, 0.25) is 5.88 Å². The van der Waals surface area contributed by atoms with Gasteiger partial charge in [0, 0.05) is 25.7 Å². The molecule has 0 atom stereocenters. The van der Waals surface area contributed by atoms with E-state index in [1.165, 1.54) is 0 Å². The minimum absolute atomic E-state index is 0.139. The zero-order valence-electron chi connectivity index (χ0n) is 12.0. The van der Waals surface area contributed by atoms with Crippen LogP contribution >= 0.6 is 0 Å². The van der Waals surface area contributed by atoms with E-state index in [4.69, 9.17) is 4.74 Å². The van der Waals surface area contributed by atoms with E-state index in [1.54, 1.807) is 12.4 Å². The molecule has 102 valence electrons. The van der Waals surface area contributed by atoms with Gasteiger partial charge in [0.05, 0.1) is 19.0 Å². The molecule has 5 heteroatoms. The molecule has 1 aromatic rings. The Morgan fingerprint density at radius 1 is 1.33 bits per heavy atom. The quantitative estimate of drug-likeness (QED) is 0.835. The monoisotopic (exact) mass is 252 g/mol. The summed E-state index contributed by atoms with van der Waals surface area (Å²) in [5.41, 5.74) is 0.139. The van der Waals surface area contributed by atoms with Crippen LogP contribution < -0.4 is 15.0 Å². The molecule has 0 unspecified atom stereocenters. The minimum atomic E-state index is 0.139. The largest absolute Gasteiger partial charge is 0.477 e. The first-order chi connectivity index (χ1) is 8.42. The summed E-state index contributed by atoms with van der Waals surface area (Å²) in [5.74, 6) is 1.40. The Morgan fingerprint density at radius 2 is 2.06 bits per heavy atom. The summed E-state index contributed by atoms with van der Waals surface area (Å²) < 4.78 is 5.34. The third kappa shape index (κ3) is 5.31. The van der Waals surface area contributed by atoms with Crippen LogP contribution in [-0.4, -0.2) is 42.3 Å². The van der Waals surface area contributed by atoms with Crippen LogP contribution in [0.25, 0.3) is 0 Å². The number of anilines is 1. The number of ether oxygens (including phenoxy) is 1. The lowest BCUT2D eigenvalue weighted by Gasteiger charge is -2.24. The Morgan fingerprint density at radius 3 is 2.67 bits per heavy atom. The lowest BCUT2D eigenvalue weighted by atomic mass is 10.1. The lowest BCUT2D eigenvalue weighted by Crippen LogP contribution is -2.40. The first-order valence-corrected chi connectivity index (χ1v) is 6.33. The van der Waals surface area contributed by atoms with Crippen molar-refractivity contribution in [3.8, 4) is 5.88 Å². The summed E-state index contributed by atoms with van der Waals surface area (Å²) in [4.78, 5) is 10.6. The summed E-state index contributed by atoms with van der Waals surface area (Å²) in [5, 5.41) is 3.44. The average molecular weight is 252 g/mol. The van der Waals surface area contributed by atoms with E-state index >= 15 is 0 Å². The van der Waals surface area contributed by atoms with Crippen molar-refractivity contribution in [2.24, 2.45) is 0 Å². The molecule has 18 heavy (non-hydrogen) atoms. The van der Waals surface area contributed by atoms with Crippen molar-refractivity contribution in [1.82, 2.24) is 15.3 Å². The molecule has 1 heterocycles. The predicted molar refractivity (Wildman–Crippen MR) is 74.2 cm³/mol. The van der Waals surface area contributed by atoms with E-state index in [1.807, 2.05) is 14.0 Å².